The summed E-state index contributed by atoms with van der Waals surface area (Å²) < 4.78 is 0. The normalized spacial score (nSPS) is 9.20. The molecule has 0 bridgehead atoms. The minimum absolute atomic E-state index is 0.648. The molecule has 0 aliphatic carbocycles. The van der Waals surface area contributed by atoms with E-state index in [1.165, 1.54) is 6.20 Å². The van der Waals surface area contributed by atoms with Crippen LogP contribution in [-0.2, 0) is 0 Å². The summed E-state index contributed by atoms with van der Waals surface area (Å²) in [7, 11) is 0. The van der Waals surface area contributed by atoms with Gasteiger partial charge >= 0.3 is 5.30 Å². The van der Waals surface area contributed by atoms with Crippen molar-refractivity contribution < 1.29 is 9.90 Å². The fourth-order valence-electron chi connectivity index (χ4n) is 0.508. The predicted molar refractivity (Wildman–Crippen MR) is 38.1 cm³/mol. The lowest BCUT2D eigenvalue weighted by atomic mass is 10.5. The SMILES string of the molecule is O=C(O)Sc1cccnc1. The van der Waals surface area contributed by atoms with Crippen molar-refractivity contribution in [2.75, 3.05) is 0 Å². The first-order valence-corrected chi connectivity index (χ1v) is 3.41. The summed E-state index contributed by atoms with van der Waals surface area (Å²) in [6.07, 6.45) is 3.12. The van der Waals surface area contributed by atoms with Gasteiger partial charge in [-0.15, -0.1) is 0 Å². The summed E-state index contributed by atoms with van der Waals surface area (Å²) in [5, 5.41) is 7.39. The molecule has 1 rings (SSSR count). The van der Waals surface area contributed by atoms with Gasteiger partial charge in [-0.05, 0) is 23.9 Å². The third-order valence-corrected chi connectivity index (χ3v) is 1.49. The number of rotatable bonds is 1. The van der Waals surface area contributed by atoms with Crippen LogP contribution in [0.15, 0.2) is 29.4 Å². The van der Waals surface area contributed by atoms with Crippen LogP contribution in [-0.4, -0.2) is 15.4 Å². The zero-order valence-electron chi connectivity index (χ0n) is 5.02. The van der Waals surface area contributed by atoms with E-state index < -0.39 is 5.30 Å². The Kier molecular flexibility index (Phi) is 2.28. The smallest absolute Gasteiger partial charge is 0.369 e. The summed E-state index contributed by atoms with van der Waals surface area (Å²) in [6, 6.07) is 3.40. The van der Waals surface area contributed by atoms with Crippen molar-refractivity contribution in [1.29, 1.82) is 0 Å². The van der Waals surface area contributed by atoms with Gasteiger partial charge in [0.25, 0.3) is 0 Å². The Balaban J connectivity index is 2.67. The molecule has 0 saturated carbocycles. The quantitative estimate of drug-likeness (QED) is 0.629. The van der Waals surface area contributed by atoms with Crippen LogP contribution in [0.3, 0.4) is 0 Å². The third-order valence-electron chi connectivity index (χ3n) is 0.840. The molecule has 0 aliphatic heterocycles. The Morgan fingerprint density at radius 1 is 1.70 bits per heavy atom. The van der Waals surface area contributed by atoms with E-state index in [1.807, 2.05) is 0 Å². The van der Waals surface area contributed by atoms with Gasteiger partial charge in [-0.1, -0.05) is 0 Å². The van der Waals surface area contributed by atoms with Crippen LogP contribution in [0.25, 0.3) is 0 Å². The van der Waals surface area contributed by atoms with Gasteiger partial charge in [0, 0.05) is 17.3 Å². The van der Waals surface area contributed by atoms with Gasteiger partial charge in [0.2, 0.25) is 0 Å². The van der Waals surface area contributed by atoms with E-state index in [0.29, 0.717) is 4.90 Å². The van der Waals surface area contributed by atoms with E-state index in [4.69, 9.17) is 5.11 Å². The lowest BCUT2D eigenvalue weighted by Gasteiger charge is -1.90. The second kappa shape index (κ2) is 3.22. The molecule has 4 heteroatoms. The highest BCUT2D eigenvalue weighted by Gasteiger charge is 1.98. The second-order valence-electron chi connectivity index (χ2n) is 1.56. The van der Waals surface area contributed by atoms with Crippen LogP contribution in [0.5, 0.6) is 0 Å². The number of carboxylic acid groups (broad SMARTS) is 1. The van der Waals surface area contributed by atoms with Crippen molar-refractivity contribution in [1.82, 2.24) is 4.98 Å². The molecule has 10 heavy (non-hydrogen) atoms. The molecule has 0 fully saturated rings. The summed E-state index contributed by atoms with van der Waals surface area (Å²) >= 11 is 0.753. The van der Waals surface area contributed by atoms with Crippen molar-refractivity contribution in [2.45, 2.75) is 4.90 Å². The van der Waals surface area contributed by atoms with E-state index in [0.717, 1.165) is 11.8 Å². The largest absolute Gasteiger partial charge is 0.473 e. The third kappa shape index (κ3) is 2.06. The Labute approximate surface area is 62.1 Å². The molecule has 52 valence electrons. The summed E-state index contributed by atoms with van der Waals surface area (Å²) in [5.74, 6) is 0. The first-order chi connectivity index (χ1) is 4.79. The minimum Gasteiger partial charge on any atom is -0.473 e. The summed E-state index contributed by atoms with van der Waals surface area (Å²) in [4.78, 5) is 14.5. The number of aromatic nitrogens is 1. The van der Waals surface area contributed by atoms with Gasteiger partial charge in [0.05, 0.1) is 0 Å². The van der Waals surface area contributed by atoms with Crippen molar-refractivity contribution >= 4 is 17.1 Å². The Hall–Kier alpha value is -1.03. The predicted octanol–water partition coefficient (Wildman–Crippen LogP) is 1.85. The molecule has 0 saturated heterocycles. The van der Waals surface area contributed by atoms with E-state index in [2.05, 4.69) is 4.98 Å². The number of pyridine rings is 1. The van der Waals surface area contributed by atoms with Crippen molar-refractivity contribution in [3.05, 3.63) is 24.5 Å². The monoisotopic (exact) mass is 155 g/mol. The number of hydrogen-bond acceptors (Lipinski definition) is 3. The van der Waals surface area contributed by atoms with Crippen molar-refractivity contribution in [2.24, 2.45) is 0 Å². The van der Waals surface area contributed by atoms with Gasteiger partial charge in [-0.25, -0.2) is 4.79 Å². The first-order valence-electron chi connectivity index (χ1n) is 2.60. The number of nitrogens with zero attached hydrogens (tertiary/aromatic N) is 1. The van der Waals surface area contributed by atoms with E-state index >= 15 is 0 Å². The summed E-state index contributed by atoms with van der Waals surface area (Å²) in [5.41, 5.74) is 0. The molecule has 1 heterocycles. The summed E-state index contributed by atoms with van der Waals surface area (Å²) in [6.45, 7) is 0. The average molecular weight is 155 g/mol. The maximum Gasteiger partial charge on any atom is 0.369 e. The van der Waals surface area contributed by atoms with Crippen molar-refractivity contribution in [3.63, 3.8) is 0 Å². The Morgan fingerprint density at radius 2 is 2.50 bits per heavy atom. The highest BCUT2D eigenvalue weighted by atomic mass is 32.2. The van der Waals surface area contributed by atoms with Crippen LogP contribution in [0.2, 0.25) is 0 Å². The molecule has 0 unspecified atom stereocenters. The van der Waals surface area contributed by atoms with Gasteiger partial charge in [0.15, 0.2) is 0 Å². The van der Waals surface area contributed by atoms with Gasteiger partial charge in [-0.2, -0.15) is 0 Å². The molecule has 1 aromatic rings. The first kappa shape index (κ1) is 7.08. The number of thioether (sulfide) groups is 1. The highest BCUT2D eigenvalue weighted by molar-refractivity contribution is 8.13. The minimum atomic E-state index is -0.909. The molecule has 0 atom stereocenters. The molecule has 1 N–H and O–H groups in total. The molecule has 1 aromatic heterocycles. The van der Waals surface area contributed by atoms with Crippen LogP contribution in [0, 0.1) is 0 Å². The Bertz CT molecular complexity index is 224. The molecular formula is C6H5NO2S. The van der Waals surface area contributed by atoms with E-state index in [1.54, 1.807) is 18.3 Å². The topological polar surface area (TPSA) is 50.2 Å². The fourth-order valence-corrected chi connectivity index (χ4v) is 0.970. The zero-order chi connectivity index (χ0) is 7.40. The number of carbonyl (C=O) groups is 1. The average Bonchev–Trinajstić information content (AvgIpc) is 1.88. The van der Waals surface area contributed by atoms with Crippen LogP contribution >= 0.6 is 11.8 Å². The second-order valence-corrected chi connectivity index (χ2v) is 2.58. The maximum atomic E-state index is 10.1. The standard InChI is InChI=1S/C6H5NO2S/c8-6(9)10-5-2-1-3-7-4-5/h1-4H,(H,8,9). The molecule has 0 radical (unpaired) electrons. The maximum absolute atomic E-state index is 10.1. The van der Waals surface area contributed by atoms with E-state index in [-0.39, 0.29) is 0 Å². The van der Waals surface area contributed by atoms with Crippen LogP contribution in [0.1, 0.15) is 0 Å². The molecule has 0 spiro atoms. The highest BCUT2D eigenvalue weighted by Crippen LogP contribution is 2.15. The van der Waals surface area contributed by atoms with Crippen LogP contribution in [0.4, 0.5) is 4.79 Å². The molecule has 0 aliphatic rings. The number of hydrogen-bond donors (Lipinski definition) is 1. The van der Waals surface area contributed by atoms with Gasteiger partial charge in [-0.3, -0.25) is 4.98 Å². The molecule has 0 amide bonds. The van der Waals surface area contributed by atoms with Crippen molar-refractivity contribution in [3.8, 4) is 0 Å². The van der Waals surface area contributed by atoms with Gasteiger partial charge in [0.1, 0.15) is 0 Å². The van der Waals surface area contributed by atoms with Crippen LogP contribution < -0.4 is 0 Å². The lowest BCUT2D eigenvalue weighted by Crippen LogP contribution is -1.82. The zero-order valence-corrected chi connectivity index (χ0v) is 5.84. The lowest BCUT2D eigenvalue weighted by molar-refractivity contribution is 0.222. The molecule has 3 nitrogen and oxygen atoms in total. The molecular weight excluding hydrogens is 150 g/mol. The fraction of sp³-hybridized carbons (Fsp3) is 0. The van der Waals surface area contributed by atoms with E-state index in [9.17, 15) is 4.79 Å². The molecule has 0 aromatic carbocycles. The van der Waals surface area contributed by atoms with Gasteiger partial charge < -0.3 is 5.11 Å². The Morgan fingerprint density at radius 3 is 3.00 bits per heavy atom.